The molecule has 34 heavy (non-hydrogen) atoms. The Kier molecular flexibility index (Phi) is 6.45. The van der Waals surface area contributed by atoms with E-state index in [2.05, 4.69) is 0 Å². The number of alkyl halides is 3. The number of carbonyl (C=O) groups is 1. The van der Waals surface area contributed by atoms with E-state index in [-0.39, 0.29) is 23.8 Å². The Labute approximate surface area is 196 Å². The summed E-state index contributed by atoms with van der Waals surface area (Å²) in [5.74, 6) is 0.264. The number of nitrogens with zero attached hydrogens (tertiary/aromatic N) is 3. The number of aliphatic hydroxyl groups is 1. The van der Waals surface area contributed by atoms with Gasteiger partial charge in [0.05, 0.1) is 29.9 Å². The number of hydrogen-bond donors (Lipinski definition) is 1. The Balaban J connectivity index is 1.52. The number of halogens is 3. The SMILES string of the molecule is COc1ccccc1C(=O)N1CCC2(CC1)CN(c1ccc(C#N)c(C(F)(F)F)c1)CC2CO. The normalized spacial score (nSPS) is 19.8. The Hall–Kier alpha value is -3.25. The molecular weight excluding hydrogens is 447 g/mol. The zero-order valence-corrected chi connectivity index (χ0v) is 18.8. The molecule has 1 spiro atoms. The molecular formula is C25H26F3N3O3. The van der Waals surface area contributed by atoms with Gasteiger partial charge in [0, 0.05) is 44.4 Å². The first kappa shape index (κ1) is 23.9. The summed E-state index contributed by atoms with van der Waals surface area (Å²) < 4.78 is 45.7. The van der Waals surface area contributed by atoms with Crippen LogP contribution in [0.15, 0.2) is 42.5 Å². The van der Waals surface area contributed by atoms with Gasteiger partial charge in [-0.05, 0) is 48.6 Å². The molecule has 180 valence electrons. The van der Waals surface area contributed by atoms with E-state index in [0.29, 0.717) is 56.0 Å². The van der Waals surface area contributed by atoms with Crippen LogP contribution in [0, 0.1) is 22.7 Å². The topological polar surface area (TPSA) is 76.8 Å². The molecule has 4 rings (SSSR count). The van der Waals surface area contributed by atoms with Gasteiger partial charge < -0.3 is 19.6 Å². The molecule has 0 bridgehead atoms. The van der Waals surface area contributed by atoms with E-state index in [0.717, 1.165) is 6.07 Å². The third-order valence-corrected chi connectivity index (χ3v) is 7.21. The maximum absolute atomic E-state index is 13.5. The summed E-state index contributed by atoms with van der Waals surface area (Å²) in [6.45, 7) is 1.79. The van der Waals surface area contributed by atoms with Crippen LogP contribution in [0.5, 0.6) is 5.75 Å². The van der Waals surface area contributed by atoms with Crippen LogP contribution in [0.4, 0.5) is 18.9 Å². The van der Waals surface area contributed by atoms with Crippen LogP contribution in [-0.2, 0) is 6.18 Å². The number of hydrogen-bond acceptors (Lipinski definition) is 5. The van der Waals surface area contributed by atoms with Gasteiger partial charge in [0.15, 0.2) is 0 Å². The van der Waals surface area contributed by atoms with Gasteiger partial charge in [-0.25, -0.2) is 0 Å². The fourth-order valence-corrected chi connectivity index (χ4v) is 5.26. The summed E-state index contributed by atoms with van der Waals surface area (Å²) in [6, 6.07) is 12.4. The second-order valence-corrected chi connectivity index (χ2v) is 8.95. The highest BCUT2D eigenvalue weighted by molar-refractivity contribution is 5.97. The Morgan fingerprint density at radius 1 is 1.24 bits per heavy atom. The number of aliphatic hydroxyl groups excluding tert-OH is 1. The van der Waals surface area contributed by atoms with Gasteiger partial charge in [-0.3, -0.25) is 4.79 Å². The van der Waals surface area contributed by atoms with Gasteiger partial charge in [0.1, 0.15) is 5.75 Å². The number of carbonyl (C=O) groups excluding carboxylic acids is 1. The van der Waals surface area contributed by atoms with Crippen LogP contribution in [0.25, 0.3) is 0 Å². The molecule has 9 heteroatoms. The monoisotopic (exact) mass is 473 g/mol. The van der Waals surface area contributed by atoms with Gasteiger partial charge in [0.25, 0.3) is 5.91 Å². The first-order valence-electron chi connectivity index (χ1n) is 11.1. The van der Waals surface area contributed by atoms with E-state index in [4.69, 9.17) is 10.00 Å². The third-order valence-electron chi connectivity index (χ3n) is 7.21. The fraction of sp³-hybridized carbons (Fsp3) is 0.440. The minimum Gasteiger partial charge on any atom is -0.496 e. The number of amides is 1. The number of anilines is 1. The molecule has 2 aliphatic rings. The van der Waals surface area contributed by atoms with E-state index < -0.39 is 17.3 Å². The summed E-state index contributed by atoms with van der Waals surface area (Å²) in [4.78, 5) is 16.7. The fourth-order valence-electron chi connectivity index (χ4n) is 5.26. The number of rotatable bonds is 4. The van der Waals surface area contributed by atoms with Crippen LogP contribution in [-0.4, -0.2) is 55.8 Å². The number of piperidine rings is 1. The maximum Gasteiger partial charge on any atom is 0.417 e. The predicted octanol–water partition coefficient (Wildman–Crippen LogP) is 3.94. The van der Waals surface area contributed by atoms with Crippen molar-refractivity contribution in [2.45, 2.75) is 19.0 Å². The average Bonchev–Trinajstić information content (AvgIpc) is 3.20. The van der Waals surface area contributed by atoms with Crippen molar-refractivity contribution in [1.29, 1.82) is 5.26 Å². The lowest BCUT2D eigenvalue weighted by Gasteiger charge is -2.42. The second-order valence-electron chi connectivity index (χ2n) is 8.95. The van der Waals surface area contributed by atoms with Gasteiger partial charge >= 0.3 is 6.18 Å². The molecule has 2 fully saturated rings. The molecule has 1 unspecified atom stereocenters. The van der Waals surface area contributed by atoms with E-state index in [9.17, 15) is 23.1 Å². The Bertz CT molecular complexity index is 1100. The van der Waals surface area contributed by atoms with Crippen molar-refractivity contribution < 1.29 is 27.8 Å². The summed E-state index contributed by atoms with van der Waals surface area (Å²) in [6.07, 6.45) is -3.35. The first-order valence-corrected chi connectivity index (χ1v) is 11.1. The smallest absolute Gasteiger partial charge is 0.417 e. The molecule has 2 saturated heterocycles. The van der Waals surface area contributed by atoms with E-state index >= 15 is 0 Å². The highest BCUT2D eigenvalue weighted by atomic mass is 19.4. The minimum atomic E-state index is -4.63. The van der Waals surface area contributed by atoms with Crippen LogP contribution in [0.1, 0.15) is 34.3 Å². The summed E-state index contributed by atoms with van der Waals surface area (Å²) >= 11 is 0. The van der Waals surface area contributed by atoms with E-state index in [1.807, 2.05) is 4.90 Å². The maximum atomic E-state index is 13.5. The van der Waals surface area contributed by atoms with Crippen molar-refractivity contribution >= 4 is 11.6 Å². The predicted molar refractivity (Wildman–Crippen MR) is 120 cm³/mol. The van der Waals surface area contributed by atoms with Gasteiger partial charge in [-0.2, -0.15) is 18.4 Å². The third kappa shape index (κ3) is 4.30. The summed E-state index contributed by atoms with van der Waals surface area (Å²) in [5.41, 5.74) is -0.795. The Morgan fingerprint density at radius 2 is 1.94 bits per heavy atom. The molecule has 0 radical (unpaired) electrons. The van der Waals surface area contributed by atoms with Crippen LogP contribution in [0.2, 0.25) is 0 Å². The van der Waals surface area contributed by atoms with Gasteiger partial charge in [0.2, 0.25) is 0 Å². The van der Waals surface area contributed by atoms with E-state index in [1.165, 1.54) is 19.2 Å². The lowest BCUT2D eigenvalue weighted by molar-refractivity contribution is -0.137. The molecule has 0 aliphatic carbocycles. The second kappa shape index (κ2) is 9.18. The number of para-hydroxylation sites is 1. The lowest BCUT2D eigenvalue weighted by Crippen LogP contribution is -2.47. The summed E-state index contributed by atoms with van der Waals surface area (Å²) in [5, 5.41) is 19.2. The molecule has 2 aromatic carbocycles. The van der Waals surface area contributed by atoms with Crippen molar-refractivity contribution in [3.05, 3.63) is 59.2 Å². The van der Waals surface area contributed by atoms with Gasteiger partial charge in [-0.15, -0.1) is 0 Å². The highest BCUT2D eigenvalue weighted by Gasteiger charge is 2.48. The highest BCUT2D eigenvalue weighted by Crippen LogP contribution is 2.47. The summed E-state index contributed by atoms with van der Waals surface area (Å²) in [7, 11) is 1.52. The van der Waals surface area contributed by atoms with E-state index in [1.54, 1.807) is 35.2 Å². The molecule has 2 aliphatic heterocycles. The molecule has 1 atom stereocenters. The molecule has 2 heterocycles. The number of ether oxygens (including phenoxy) is 1. The molecule has 0 aromatic heterocycles. The number of likely N-dealkylation sites (tertiary alicyclic amines) is 1. The van der Waals surface area contributed by atoms with Crippen LogP contribution < -0.4 is 9.64 Å². The zero-order chi connectivity index (χ0) is 24.5. The number of benzene rings is 2. The van der Waals surface area contributed by atoms with Crippen LogP contribution in [0.3, 0.4) is 0 Å². The van der Waals surface area contributed by atoms with Crippen molar-refractivity contribution in [2.24, 2.45) is 11.3 Å². The van der Waals surface area contributed by atoms with Gasteiger partial charge in [-0.1, -0.05) is 12.1 Å². The largest absolute Gasteiger partial charge is 0.496 e. The van der Waals surface area contributed by atoms with Crippen molar-refractivity contribution in [2.75, 3.05) is 44.8 Å². The molecule has 0 saturated carbocycles. The standard InChI is InChI=1S/C25H26F3N3O3/c1-34-22-5-3-2-4-20(22)23(33)30-10-8-24(9-11-30)16-31(14-18(24)15-32)19-7-6-17(13-29)21(12-19)25(26,27)28/h2-7,12,18,32H,8-11,14-16H2,1H3. The van der Waals surface area contributed by atoms with Crippen molar-refractivity contribution in [3.63, 3.8) is 0 Å². The first-order chi connectivity index (χ1) is 16.2. The van der Waals surface area contributed by atoms with Crippen molar-refractivity contribution in [1.82, 2.24) is 4.90 Å². The zero-order valence-electron chi connectivity index (χ0n) is 18.8. The number of nitriles is 1. The average molecular weight is 473 g/mol. The Morgan fingerprint density at radius 3 is 2.56 bits per heavy atom. The van der Waals surface area contributed by atoms with Crippen LogP contribution >= 0.6 is 0 Å². The molecule has 2 aromatic rings. The quantitative estimate of drug-likeness (QED) is 0.728. The molecule has 6 nitrogen and oxygen atoms in total. The molecule has 1 N–H and O–H groups in total. The minimum absolute atomic E-state index is 0.0840. The van der Waals surface area contributed by atoms with Crippen molar-refractivity contribution in [3.8, 4) is 11.8 Å². The lowest BCUT2D eigenvalue weighted by atomic mass is 9.71. The number of methoxy groups -OCH3 is 1. The molecule has 1 amide bonds.